The number of anilines is 1. The third-order valence-electron chi connectivity index (χ3n) is 8.93. The zero-order valence-corrected chi connectivity index (χ0v) is 24.3. The summed E-state index contributed by atoms with van der Waals surface area (Å²) in [5.74, 6) is -0.532. The molecule has 43 heavy (non-hydrogen) atoms. The van der Waals surface area contributed by atoms with E-state index >= 15 is 0 Å². The largest absolute Gasteiger partial charge is 0.468 e. The van der Waals surface area contributed by atoms with Gasteiger partial charge in [0.25, 0.3) is 0 Å². The van der Waals surface area contributed by atoms with E-state index in [0.717, 1.165) is 30.5 Å². The van der Waals surface area contributed by atoms with Crippen molar-refractivity contribution in [1.29, 1.82) is 5.26 Å². The number of ether oxygens (including phenoxy) is 2. The lowest BCUT2D eigenvalue weighted by Gasteiger charge is -2.39. The van der Waals surface area contributed by atoms with Crippen LogP contribution in [-0.4, -0.2) is 101 Å². The number of likely N-dealkylation sites (N-methyl/N-ethyl adjacent to an activating group) is 1. The van der Waals surface area contributed by atoms with Crippen molar-refractivity contribution in [1.82, 2.24) is 19.8 Å². The number of hydrogen-bond donors (Lipinski definition) is 1. The molecule has 14 heteroatoms. The Hall–Kier alpha value is -4.51. The number of methoxy groups -OCH3 is 1. The van der Waals surface area contributed by atoms with E-state index in [0.29, 0.717) is 12.8 Å². The summed E-state index contributed by atoms with van der Waals surface area (Å²) in [7, 11) is 3.30. The second kappa shape index (κ2) is 12.4. The van der Waals surface area contributed by atoms with Gasteiger partial charge in [-0.25, -0.2) is 4.79 Å². The maximum atomic E-state index is 13.4. The molecule has 0 bridgehead atoms. The Labute approximate surface area is 249 Å². The number of likely N-dealkylation sites (tertiary alicyclic amines) is 1. The molecule has 228 valence electrons. The molecule has 1 unspecified atom stereocenters. The Kier molecular flexibility index (Phi) is 8.63. The fraction of sp³-hybridized carbons (Fsp3) is 0.552. The minimum atomic E-state index is -1.20. The zero-order chi connectivity index (χ0) is 30.7. The normalized spacial score (nSPS) is 23.5. The van der Waals surface area contributed by atoms with Gasteiger partial charge in [0.15, 0.2) is 0 Å². The van der Waals surface area contributed by atoms with E-state index in [-0.39, 0.29) is 68.3 Å². The summed E-state index contributed by atoms with van der Waals surface area (Å²) in [4.78, 5) is 51.4. The number of amides is 1. The number of esters is 1. The van der Waals surface area contributed by atoms with Crippen molar-refractivity contribution < 1.29 is 29.1 Å². The third-order valence-corrected chi connectivity index (χ3v) is 8.93. The summed E-state index contributed by atoms with van der Waals surface area (Å²) >= 11 is 0. The number of carbonyl (C=O) groups excluding carboxylic acids is 1. The Balaban J connectivity index is 1.60. The molecule has 2 saturated heterocycles. The van der Waals surface area contributed by atoms with Crippen LogP contribution in [0.25, 0.3) is 0 Å². The Morgan fingerprint density at radius 2 is 2.02 bits per heavy atom. The zero-order valence-electron chi connectivity index (χ0n) is 24.3. The van der Waals surface area contributed by atoms with Gasteiger partial charge >= 0.3 is 23.8 Å². The predicted octanol–water partition coefficient (Wildman–Crippen LogP) is 2.54. The van der Waals surface area contributed by atoms with Crippen molar-refractivity contribution in [3.63, 3.8) is 0 Å². The van der Waals surface area contributed by atoms with Gasteiger partial charge in [-0.2, -0.15) is 15.2 Å². The summed E-state index contributed by atoms with van der Waals surface area (Å²) < 4.78 is 11.3. The highest BCUT2D eigenvalue weighted by Crippen LogP contribution is 2.45. The van der Waals surface area contributed by atoms with Gasteiger partial charge in [-0.1, -0.05) is 24.3 Å². The Bertz CT molecular complexity index is 1450. The van der Waals surface area contributed by atoms with Gasteiger partial charge in [-0.05, 0) is 50.4 Å². The molecule has 0 saturated carbocycles. The van der Waals surface area contributed by atoms with Gasteiger partial charge in [-0.3, -0.25) is 14.9 Å². The third kappa shape index (κ3) is 5.77. The number of nitro groups is 1. The summed E-state index contributed by atoms with van der Waals surface area (Å²) in [5, 5.41) is 31.7. The van der Waals surface area contributed by atoms with Gasteiger partial charge in [0.1, 0.15) is 12.3 Å². The topological polar surface area (TPSA) is 175 Å². The van der Waals surface area contributed by atoms with E-state index in [1.165, 1.54) is 12.0 Å². The summed E-state index contributed by atoms with van der Waals surface area (Å²) in [6.45, 7) is 1.37. The van der Waals surface area contributed by atoms with Crippen LogP contribution in [0.3, 0.4) is 0 Å². The first-order valence-corrected chi connectivity index (χ1v) is 14.3. The lowest BCUT2D eigenvalue weighted by atomic mass is 9.77. The van der Waals surface area contributed by atoms with Gasteiger partial charge in [0.2, 0.25) is 5.82 Å². The van der Waals surface area contributed by atoms with E-state index in [4.69, 9.17) is 9.47 Å². The molecule has 2 aromatic rings. The Morgan fingerprint density at radius 1 is 1.23 bits per heavy atom. The van der Waals surface area contributed by atoms with E-state index in [9.17, 15) is 30.1 Å². The van der Waals surface area contributed by atoms with E-state index in [1.807, 2.05) is 37.4 Å². The number of nitriles is 1. The van der Waals surface area contributed by atoms with Crippen molar-refractivity contribution in [2.45, 2.75) is 56.0 Å². The molecular formula is C29H35N7O7. The fourth-order valence-corrected chi connectivity index (χ4v) is 6.64. The number of carbonyl (C=O) groups is 2. The number of piperazine rings is 1. The fourth-order valence-electron chi connectivity index (χ4n) is 6.64. The van der Waals surface area contributed by atoms with Crippen molar-refractivity contribution >= 4 is 23.6 Å². The van der Waals surface area contributed by atoms with Crippen LogP contribution in [0.4, 0.5) is 16.3 Å². The number of carboxylic acid groups (broad SMARTS) is 1. The summed E-state index contributed by atoms with van der Waals surface area (Å²) in [5.41, 5.74) is 0.169. The molecular weight excluding hydrogens is 558 g/mol. The molecule has 2 fully saturated rings. The van der Waals surface area contributed by atoms with Gasteiger partial charge in [0.05, 0.1) is 36.0 Å². The lowest BCUT2D eigenvalue weighted by Crippen LogP contribution is -2.55. The average molecular weight is 594 g/mol. The van der Waals surface area contributed by atoms with Crippen molar-refractivity contribution in [2.24, 2.45) is 0 Å². The molecule has 2 aliphatic heterocycles. The van der Waals surface area contributed by atoms with Crippen molar-refractivity contribution in [3.8, 4) is 12.1 Å². The molecule has 14 nitrogen and oxygen atoms in total. The summed E-state index contributed by atoms with van der Waals surface area (Å²) in [6.07, 6.45) is 1.58. The average Bonchev–Trinajstić information content (AvgIpc) is 3.58. The maximum Gasteiger partial charge on any atom is 0.407 e. The van der Waals surface area contributed by atoms with Crippen molar-refractivity contribution in [2.75, 3.05) is 51.8 Å². The summed E-state index contributed by atoms with van der Waals surface area (Å²) in [6, 6.07) is 8.87. The molecule has 1 amide bonds. The molecule has 1 aliphatic carbocycles. The molecule has 5 rings (SSSR count). The number of nitrogens with zero attached hydrogens (tertiary/aromatic N) is 7. The highest BCUT2D eigenvalue weighted by atomic mass is 16.6. The van der Waals surface area contributed by atoms with E-state index < -0.39 is 28.4 Å². The van der Waals surface area contributed by atoms with Crippen LogP contribution in [0, 0.1) is 21.4 Å². The highest BCUT2D eigenvalue weighted by Gasteiger charge is 2.49. The van der Waals surface area contributed by atoms with Gasteiger partial charge < -0.3 is 29.3 Å². The minimum Gasteiger partial charge on any atom is -0.468 e. The van der Waals surface area contributed by atoms with Crippen LogP contribution in [0.15, 0.2) is 24.3 Å². The monoisotopic (exact) mass is 593 g/mol. The molecule has 1 aromatic carbocycles. The molecule has 0 radical (unpaired) electrons. The van der Waals surface area contributed by atoms with Gasteiger partial charge in [-0.15, -0.1) is 0 Å². The van der Waals surface area contributed by atoms with Crippen LogP contribution in [0.5, 0.6) is 6.01 Å². The second-order valence-corrected chi connectivity index (χ2v) is 11.3. The molecule has 1 aromatic heterocycles. The highest BCUT2D eigenvalue weighted by molar-refractivity contribution is 5.85. The smallest absolute Gasteiger partial charge is 0.407 e. The van der Waals surface area contributed by atoms with Crippen LogP contribution in [0.1, 0.15) is 42.5 Å². The first-order valence-electron chi connectivity index (χ1n) is 14.3. The lowest BCUT2D eigenvalue weighted by molar-refractivity contribution is -0.385. The molecule has 3 atom stereocenters. The molecule has 0 spiro atoms. The molecule has 3 aliphatic rings. The number of aryl methyl sites for hydroxylation is 1. The van der Waals surface area contributed by atoms with Crippen LogP contribution in [0.2, 0.25) is 0 Å². The van der Waals surface area contributed by atoms with E-state index in [1.54, 1.807) is 4.90 Å². The first-order chi connectivity index (χ1) is 20.7. The van der Waals surface area contributed by atoms with Gasteiger partial charge in [0, 0.05) is 32.1 Å². The standard InChI is InChI=1S/C29H35N7O7/c1-33-13-5-7-21(33)18-43-27-31-23(16-29(26(37)42-2)11-9-19-6-3-4-8-22(19)29)24(36(40)41)25(32-27)34-14-15-35(28(38)39)20(17-34)10-12-30/h3-4,6,8,20-21H,5,7,9-11,13-18H2,1-2H3,(H,38,39)/t20-,21-,29?/m0/s1. The quantitative estimate of drug-likeness (QED) is 0.256. The minimum absolute atomic E-state index is 0.0208. The van der Waals surface area contributed by atoms with E-state index in [2.05, 4.69) is 14.9 Å². The SMILES string of the molecule is COC(=O)C1(Cc2nc(OC[C@@H]3CCCN3C)nc(N3CCN(C(=O)O)[C@@H](CC#N)C3)c2[N+](=O)[O-])CCc2ccccc21. The number of benzene rings is 1. The van der Waals surface area contributed by atoms with Crippen LogP contribution >= 0.6 is 0 Å². The first kappa shape index (κ1) is 30.0. The Morgan fingerprint density at radius 3 is 2.70 bits per heavy atom. The number of fused-ring (bicyclic) bond motifs is 1. The van der Waals surface area contributed by atoms with Crippen LogP contribution in [-0.2, 0) is 27.8 Å². The predicted molar refractivity (Wildman–Crippen MR) is 153 cm³/mol. The van der Waals surface area contributed by atoms with Crippen molar-refractivity contribution in [3.05, 3.63) is 51.2 Å². The molecule has 3 heterocycles. The number of hydrogen-bond acceptors (Lipinski definition) is 11. The maximum absolute atomic E-state index is 13.4. The second-order valence-electron chi connectivity index (χ2n) is 11.3. The number of rotatable bonds is 9. The molecule has 1 N–H and O–H groups in total. The van der Waals surface area contributed by atoms with Crippen LogP contribution < -0.4 is 9.64 Å². The number of aromatic nitrogens is 2.